The zero-order valence-electron chi connectivity index (χ0n) is 19.8. The molecule has 4 nitrogen and oxygen atoms in total. The molecule has 2 aliphatic rings. The van der Waals surface area contributed by atoms with Crippen LogP contribution in [0.5, 0.6) is 0 Å². The fourth-order valence-electron chi connectivity index (χ4n) is 5.44. The monoisotopic (exact) mass is 422 g/mol. The summed E-state index contributed by atoms with van der Waals surface area (Å²) in [4.78, 5) is 12.4. The van der Waals surface area contributed by atoms with Crippen molar-refractivity contribution >= 4 is 5.91 Å². The lowest BCUT2D eigenvalue weighted by Gasteiger charge is -2.25. The number of hydrogen-bond acceptors (Lipinski definition) is 2. The summed E-state index contributed by atoms with van der Waals surface area (Å²) >= 11 is 0. The second-order valence-corrected chi connectivity index (χ2v) is 10.8. The van der Waals surface area contributed by atoms with E-state index in [9.17, 15) is 9.90 Å². The average Bonchev–Trinajstić information content (AvgIpc) is 3.40. The number of amides is 1. The van der Waals surface area contributed by atoms with Crippen LogP contribution >= 0.6 is 0 Å². The van der Waals surface area contributed by atoms with Gasteiger partial charge in [0.1, 0.15) is 0 Å². The Kier molecular flexibility index (Phi) is 5.58. The van der Waals surface area contributed by atoms with Gasteiger partial charge in [-0.15, -0.1) is 0 Å². The molecule has 2 saturated carbocycles. The standard InChI is InChI=1S/C27H38N2O2/c1-17-23(13-19-9-7-6-8-10-19)29(18(2)24(17)25(28)30)22-15-20(26(3,4)31)14-21(16-22)27(5)11-12-27/h14-16,19,31H,6-13H2,1-5H3,(H2,28,30). The largest absolute Gasteiger partial charge is 0.386 e. The van der Waals surface area contributed by atoms with Gasteiger partial charge >= 0.3 is 0 Å². The predicted octanol–water partition coefficient (Wildman–Crippen LogP) is 5.59. The maximum atomic E-state index is 12.4. The first-order valence-electron chi connectivity index (χ1n) is 11.9. The van der Waals surface area contributed by atoms with Crippen LogP contribution in [-0.2, 0) is 17.4 Å². The number of carbonyl (C=O) groups excluding carboxylic acids is 1. The smallest absolute Gasteiger partial charge is 0.250 e. The van der Waals surface area contributed by atoms with Gasteiger partial charge in [0.15, 0.2) is 0 Å². The van der Waals surface area contributed by atoms with Crippen LogP contribution < -0.4 is 5.73 Å². The molecule has 168 valence electrons. The van der Waals surface area contributed by atoms with E-state index in [0.29, 0.717) is 11.5 Å². The molecule has 31 heavy (non-hydrogen) atoms. The summed E-state index contributed by atoms with van der Waals surface area (Å²) in [6, 6.07) is 6.53. The molecule has 0 radical (unpaired) electrons. The quantitative estimate of drug-likeness (QED) is 0.637. The molecule has 0 aliphatic heterocycles. The molecule has 1 aromatic heterocycles. The van der Waals surface area contributed by atoms with E-state index in [4.69, 9.17) is 5.73 Å². The lowest BCUT2D eigenvalue weighted by molar-refractivity contribution is 0.0784. The van der Waals surface area contributed by atoms with Gasteiger partial charge < -0.3 is 15.4 Å². The van der Waals surface area contributed by atoms with Gasteiger partial charge in [-0.1, -0.05) is 45.1 Å². The number of carbonyl (C=O) groups is 1. The van der Waals surface area contributed by atoms with Crippen LogP contribution in [0.1, 0.15) is 104 Å². The highest BCUT2D eigenvalue weighted by atomic mass is 16.3. The van der Waals surface area contributed by atoms with E-state index in [0.717, 1.165) is 28.9 Å². The Bertz CT molecular complexity index is 976. The van der Waals surface area contributed by atoms with Gasteiger partial charge in [0.2, 0.25) is 0 Å². The maximum Gasteiger partial charge on any atom is 0.250 e. The summed E-state index contributed by atoms with van der Waals surface area (Å²) in [6.45, 7) is 10.0. The minimum Gasteiger partial charge on any atom is -0.386 e. The van der Waals surface area contributed by atoms with Gasteiger partial charge in [0.05, 0.1) is 11.2 Å². The van der Waals surface area contributed by atoms with Crippen molar-refractivity contribution in [2.24, 2.45) is 11.7 Å². The van der Waals surface area contributed by atoms with Crippen molar-refractivity contribution in [1.82, 2.24) is 4.57 Å². The molecular weight excluding hydrogens is 384 g/mol. The molecule has 3 N–H and O–H groups in total. The van der Waals surface area contributed by atoms with E-state index in [1.807, 2.05) is 27.7 Å². The first-order valence-corrected chi connectivity index (χ1v) is 11.9. The summed E-state index contributed by atoms with van der Waals surface area (Å²) in [5.41, 5.74) is 12.1. The molecule has 0 unspecified atom stereocenters. The molecule has 0 atom stereocenters. The summed E-state index contributed by atoms with van der Waals surface area (Å²) in [7, 11) is 0. The molecular formula is C27H38N2O2. The van der Waals surface area contributed by atoms with E-state index >= 15 is 0 Å². The maximum absolute atomic E-state index is 12.4. The predicted molar refractivity (Wildman–Crippen MR) is 126 cm³/mol. The summed E-state index contributed by atoms with van der Waals surface area (Å²) in [5.74, 6) is 0.297. The molecule has 1 amide bonds. The van der Waals surface area contributed by atoms with E-state index < -0.39 is 5.60 Å². The normalized spacial score (nSPS) is 18.9. The third kappa shape index (κ3) is 4.19. The number of primary amides is 1. The minimum absolute atomic E-state index is 0.183. The van der Waals surface area contributed by atoms with Gasteiger partial charge in [-0.2, -0.15) is 0 Å². The van der Waals surface area contributed by atoms with Gasteiger partial charge in [0.25, 0.3) is 5.91 Å². The van der Waals surface area contributed by atoms with Gasteiger partial charge in [-0.05, 0) is 87.1 Å². The van der Waals surface area contributed by atoms with Gasteiger partial charge in [0, 0.05) is 17.1 Å². The Morgan fingerprint density at radius 3 is 2.35 bits per heavy atom. The Morgan fingerprint density at radius 2 is 1.81 bits per heavy atom. The van der Waals surface area contributed by atoms with E-state index in [-0.39, 0.29) is 11.3 Å². The average molecular weight is 423 g/mol. The topological polar surface area (TPSA) is 68.2 Å². The van der Waals surface area contributed by atoms with Crippen molar-refractivity contribution in [3.8, 4) is 5.69 Å². The zero-order chi connectivity index (χ0) is 22.6. The lowest BCUT2D eigenvalue weighted by atomic mass is 9.85. The molecule has 1 aromatic carbocycles. The number of benzene rings is 1. The molecule has 4 heteroatoms. The Balaban J connectivity index is 1.90. The Labute approximate surface area is 186 Å². The van der Waals surface area contributed by atoms with Crippen LogP contribution in [-0.4, -0.2) is 15.6 Å². The van der Waals surface area contributed by atoms with Crippen LogP contribution in [0.15, 0.2) is 18.2 Å². The molecule has 4 rings (SSSR count). The van der Waals surface area contributed by atoms with Crippen molar-refractivity contribution in [2.75, 3.05) is 0 Å². The number of rotatable bonds is 6. The Morgan fingerprint density at radius 1 is 1.16 bits per heavy atom. The highest BCUT2D eigenvalue weighted by molar-refractivity contribution is 5.96. The third-order valence-corrected chi connectivity index (χ3v) is 7.81. The molecule has 0 saturated heterocycles. The van der Waals surface area contributed by atoms with E-state index in [1.54, 1.807) is 0 Å². The van der Waals surface area contributed by atoms with Crippen molar-refractivity contribution < 1.29 is 9.90 Å². The van der Waals surface area contributed by atoms with Crippen molar-refractivity contribution in [1.29, 1.82) is 0 Å². The van der Waals surface area contributed by atoms with Crippen molar-refractivity contribution in [3.05, 3.63) is 51.8 Å². The molecule has 1 heterocycles. The Hall–Kier alpha value is -2.07. The highest BCUT2D eigenvalue weighted by Crippen LogP contribution is 2.49. The molecule has 2 fully saturated rings. The zero-order valence-corrected chi connectivity index (χ0v) is 19.8. The highest BCUT2D eigenvalue weighted by Gasteiger charge is 2.40. The number of hydrogen-bond donors (Lipinski definition) is 2. The second-order valence-electron chi connectivity index (χ2n) is 10.8. The van der Waals surface area contributed by atoms with Crippen LogP contribution in [0.3, 0.4) is 0 Å². The fourth-order valence-corrected chi connectivity index (χ4v) is 5.44. The molecule has 2 aromatic rings. The molecule has 0 spiro atoms. The SMILES string of the molecule is Cc1c(C(N)=O)c(C)n(-c2cc(C(C)(C)O)cc(C3(C)CC3)c2)c1CC1CCCCC1. The van der Waals surface area contributed by atoms with Crippen LogP contribution in [0.4, 0.5) is 0 Å². The van der Waals surface area contributed by atoms with E-state index in [1.165, 1.54) is 56.2 Å². The fraction of sp³-hybridized carbons (Fsp3) is 0.593. The summed E-state index contributed by atoms with van der Waals surface area (Å²) in [5, 5.41) is 10.8. The van der Waals surface area contributed by atoms with Gasteiger partial charge in [-0.3, -0.25) is 4.79 Å². The van der Waals surface area contributed by atoms with Crippen molar-refractivity contribution in [2.45, 2.75) is 97.0 Å². The number of aromatic nitrogens is 1. The second kappa shape index (κ2) is 7.81. The van der Waals surface area contributed by atoms with E-state index in [2.05, 4.69) is 29.7 Å². The minimum atomic E-state index is -0.928. The summed E-state index contributed by atoms with van der Waals surface area (Å²) in [6.07, 6.45) is 9.74. The molecule has 2 aliphatic carbocycles. The number of nitrogens with two attached hydrogens (primary N) is 1. The van der Waals surface area contributed by atoms with Crippen LogP contribution in [0, 0.1) is 19.8 Å². The van der Waals surface area contributed by atoms with Gasteiger partial charge in [-0.25, -0.2) is 0 Å². The molecule has 0 bridgehead atoms. The number of nitrogens with zero attached hydrogens (tertiary/aromatic N) is 1. The van der Waals surface area contributed by atoms with Crippen LogP contribution in [0.25, 0.3) is 5.69 Å². The lowest BCUT2D eigenvalue weighted by Crippen LogP contribution is -2.19. The third-order valence-electron chi connectivity index (χ3n) is 7.81. The first kappa shape index (κ1) is 22.1. The van der Waals surface area contributed by atoms with Crippen molar-refractivity contribution in [3.63, 3.8) is 0 Å². The van der Waals surface area contributed by atoms with Crippen LogP contribution in [0.2, 0.25) is 0 Å². The first-order chi connectivity index (χ1) is 14.5. The summed E-state index contributed by atoms with van der Waals surface area (Å²) < 4.78 is 2.26. The number of aliphatic hydroxyl groups is 1.